The van der Waals surface area contributed by atoms with Crippen LogP contribution in [0.3, 0.4) is 0 Å². The molecule has 1 aliphatic rings. The van der Waals surface area contributed by atoms with Crippen LogP contribution in [0.4, 0.5) is 0 Å². The smallest absolute Gasteiger partial charge is 0.150 e. The Morgan fingerprint density at radius 2 is 2.30 bits per heavy atom. The van der Waals surface area contributed by atoms with Gasteiger partial charge in [-0.3, -0.25) is 4.79 Å². The average Bonchev–Trinajstić information content (AvgIpc) is 1.55. The van der Waals surface area contributed by atoms with Crippen molar-refractivity contribution in [2.45, 2.75) is 32.7 Å². The summed E-state index contributed by atoms with van der Waals surface area (Å²) in [5.41, 5.74) is 0. The molecule has 0 spiro atoms. The molecule has 0 amide bonds. The highest BCUT2D eigenvalue weighted by atomic mass is 16.1. The first-order chi connectivity index (χ1) is 4.70. The highest BCUT2D eigenvalue weighted by Crippen LogP contribution is 2.09. The topological polar surface area (TPSA) is 29.1 Å². The maximum Gasteiger partial charge on any atom is 0.150 e. The van der Waals surface area contributed by atoms with E-state index in [1.54, 1.807) is 0 Å². The molecule has 1 fully saturated rings. The molecule has 58 valence electrons. The number of hydrogen-bond acceptors (Lipinski definition) is 2. The predicted molar refractivity (Wildman–Crippen MR) is 40.9 cm³/mol. The molecule has 1 saturated heterocycles. The Bertz CT molecular complexity index is 127. The molecule has 0 aromatic rings. The van der Waals surface area contributed by atoms with Crippen molar-refractivity contribution in [1.29, 1.82) is 0 Å². The van der Waals surface area contributed by atoms with Gasteiger partial charge in [0.2, 0.25) is 0 Å². The van der Waals surface area contributed by atoms with Gasteiger partial charge in [-0.2, -0.15) is 0 Å². The average molecular weight is 141 g/mol. The van der Waals surface area contributed by atoms with E-state index in [1.807, 2.05) is 0 Å². The van der Waals surface area contributed by atoms with Gasteiger partial charge in [0, 0.05) is 6.42 Å². The Labute approximate surface area is 62.0 Å². The molecule has 1 rings (SSSR count). The minimum absolute atomic E-state index is 0.197. The van der Waals surface area contributed by atoms with Crippen LogP contribution in [0.15, 0.2) is 0 Å². The van der Waals surface area contributed by atoms with Gasteiger partial charge in [-0.1, -0.05) is 13.8 Å². The van der Waals surface area contributed by atoms with Crippen LogP contribution in [0.25, 0.3) is 0 Å². The Morgan fingerprint density at radius 3 is 2.60 bits per heavy atom. The van der Waals surface area contributed by atoms with Gasteiger partial charge in [0.1, 0.15) is 5.78 Å². The normalized spacial score (nSPS) is 24.5. The summed E-state index contributed by atoms with van der Waals surface area (Å²) in [6, 6.07) is 0.197. The summed E-state index contributed by atoms with van der Waals surface area (Å²) in [5.74, 6) is 0.899. The third-order valence-electron chi connectivity index (χ3n) is 1.82. The molecule has 1 N–H and O–H groups in total. The van der Waals surface area contributed by atoms with Crippen molar-refractivity contribution in [2.24, 2.45) is 5.92 Å². The fraction of sp³-hybridized carbons (Fsp3) is 0.875. The number of Topliss-reactive ketones (excluding diaryl/α,β-unsaturated/α-hetero) is 1. The minimum atomic E-state index is 0.197. The molecule has 0 aromatic heterocycles. The number of rotatable bonds is 3. The monoisotopic (exact) mass is 141 g/mol. The van der Waals surface area contributed by atoms with E-state index < -0.39 is 0 Å². The van der Waals surface area contributed by atoms with Gasteiger partial charge in [-0.15, -0.1) is 0 Å². The molecule has 0 radical (unpaired) electrons. The quantitative estimate of drug-likeness (QED) is 0.634. The van der Waals surface area contributed by atoms with Gasteiger partial charge in [-0.25, -0.2) is 0 Å². The second-order valence-corrected chi connectivity index (χ2v) is 3.36. The molecule has 1 atom stereocenters. The Morgan fingerprint density at radius 1 is 1.70 bits per heavy atom. The summed E-state index contributed by atoms with van der Waals surface area (Å²) in [6.45, 7) is 5.18. The number of carbonyl (C=O) groups is 1. The second-order valence-electron chi connectivity index (χ2n) is 3.36. The van der Waals surface area contributed by atoms with Gasteiger partial charge >= 0.3 is 0 Å². The summed E-state index contributed by atoms with van der Waals surface area (Å²) in [6.07, 6.45) is 1.78. The zero-order valence-electron chi connectivity index (χ0n) is 6.68. The fourth-order valence-electron chi connectivity index (χ4n) is 1.11. The van der Waals surface area contributed by atoms with E-state index in [0.29, 0.717) is 11.7 Å². The van der Waals surface area contributed by atoms with E-state index in [4.69, 9.17) is 0 Å². The maximum absolute atomic E-state index is 11.2. The van der Waals surface area contributed by atoms with Gasteiger partial charge in [-0.05, 0) is 18.9 Å². The zero-order valence-corrected chi connectivity index (χ0v) is 6.68. The van der Waals surface area contributed by atoms with Crippen molar-refractivity contribution in [1.82, 2.24) is 5.32 Å². The lowest BCUT2D eigenvalue weighted by atomic mass is 9.96. The fourth-order valence-corrected chi connectivity index (χ4v) is 1.11. The molecule has 0 aromatic carbocycles. The number of hydrogen-bond donors (Lipinski definition) is 1. The van der Waals surface area contributed by atoms with Crippen molar-refractivity contribution in [3.8, 4) is 0 Å². The second kappa shape index (κ2) is 3.15. The number of nitrogens with one attached hydrogen (secondary N) is 1. The Balaban J connectivity index is 2.20. The first-order valence-corrected chi connectivity index (χ1v) is 3.96. The Hall–Kier alpha value is -0.370. The number of ketones is 1. The summed E-state index contributed by atoms with van der Waals surface area (Å²) in [5, 5.41) is 3.10. The molecule has 1 heterocycles. The van der Waals surface area contributed by atoms with E-state index in [9.17, 15) is 4.79 Å². The largest absolute Gasteiger partial charge is 0.307 e. The van der Waals surface area contributed by atoms with Gasteiger partial charge in [0.25, 0.3) is 0 Å². The van der Waals surface area contributed by atoms with Crippen molar-refractivity contribution in [3.05, 3.63) is 0 Å². The molecule has 1 unspecified atom stereocenters. The summed E-state index contributed by atoms with van der Waals surface area (Å²) in [7, 11) is 0. The van der Waals surface area contributed by atoms with Gasteiger partial charge < -0.3 is 5.32 Å². The van der Waals surface area contributed by atoms with E-state index >= 15 is 0 Å². The van der Waals surface area contributed by atoms with Crippen LogP contribution in [-0.4, -0.2) is 18.4 Å². The van der Waals surface area contributed by atoms with Crippen molar-refractivity contribution in [3.63, 3.8) is 0 Å². The standard InChI is InChI=1S/C8H15NO/c1-6(2)5-8(10)7-3-4-9-7/h6-7,9H,3-5H2,1-2H3. The summed E-state index contributed by atoms with van der Waals surface area (Å²) < 4.78 is 0. The molecule has 1 aliphatic heterocycles. The van der Waals surface area contributed by atoms with Crippen LogP contribution >= 0.6 is 0 Å². The molecule has 2 heteroatoms. The van der Waals surface area contributed by atoms with Crippen LogP contribution in [0.2, 0.25) is 0 Å². The van der Waals surface area contributed by atoms with Gasteiger partial charge in [0.15, 0.2) is 0 Å². The highest BCUT2D eigenvalue weighted by Gasteiger charge is 2.24. The molecule has 0 aliphatic carbocycles. The third kappa shape index (κ3) is 1.81. The highest BCUT2D eigenvalue weighted by molar-refractivity contribution is 5.84. The zero-order chi connectivity index (χ0) is 7.56. The minimum Gasteiger partial charge on any atom is -0.307 e. The van der Waals surface area contributed by atoms with Crippen LogP contribution in [0, 0.1) is 5.92 Å². The van der Waals surface area contributed by atoms with Crippen LogP contribution in [0.1, 0.15) is 26.7 Å². The van der Waals surface area contributed by atoms with E-state index in [-0.39, 0.29) is 6.04 Å². The van der Waals surface area contributed by atoms with Crippen LogP contribution < -0.4 is 5.32 Å². The van der Waals surface area contributed by atoms with E-state index in [2.05, 4.69) is 19.2 Å². The van der Waals surface area contributed by atoms with Crippen LogP contribution in [0.5, 0.6) is 0 Å². The van der Waals surface area contributed by atoms with E-state index in [1.165, 1.54) is 0 Å². The lowest BCUT2D eigenvalue weighted by Gasteiger charge is -2.26. The SMILES string of the molecule is CC(C)CC(=O)C1CCN1. The first kappa shape index (κ1) is 7.73. The van der Waals surface area contributed by atoms with Crippen LogP contribution in [-0.2, 0) is 4.79 Å². The first-order valence-electron chi connectivity index (χ1n) is 3.96. The molecular formula is C8H15NO. The predicted octanol–water partition coefficient (Wildman–Crippen LogP) is 0.964. The maximum atomic E-state index is 11.2. The van der Waals surface area contributed by atoms with Crippen molar-refractivity contribution < 1.29 is 4.79 Å². The molecule has 10 heavy (non-hydrogen) atoms. The summed E-state index contributed by atoms with van der Waals surface area (Å²) in [4.78, 5) is 11.2. The molecular weight excluding hydrogens is 126 g/mol. The third-order valence-corrected chi connectivity index (χ3v) is 1.82. The van der Waals surface area contributed by atoms with E-state index in [0.717, 1.165) is 19.4 Å². The molecule has 0 bridgehead atoms. The molecule has 0 saturated carbocycles. The molecule has 2 nitrogen and oxygen atoms in total. The number of carbonyl (C=O) groups excluding carboxylic acids is 1. The van der Waals surface area contributed by atoms with Gasteiger partial charge in [0.05, 0.1) is 6.04 Å². The Kier molecular flexibility index (Phi) is 2.44. The lowest BCUT2D eigenvalue weighted by molar-refractivity contribution is -0.123. The van der Waals surface area contributed by atoms with Crippen molar-refractivity contribution in [2.75, 3.05) is 6.54 Å². The summed E-state index contributed by atoms with van der Waals surface area (Å²) >= 11 is 0. The lowest BCUT2D eigenvalue weighted by Crippen LogP contribution is -2.48. The van der Waals surface area contributed by atoms with Crippen molar-refractivity contribution >= 4 is 5.78 Å².